The van der Waals surface area contributed by atoms with E-state index in [2.05, 4.69) is 41.2 Å². The summed E-state index contributed by atoms with van der Waals surface area (Å²) in [5, 5.41) is 17.3. The number of hydrogen-bond donors (Lipinski definition) is 2. The molecule has 1 atom stereocenters. The Balaban J connectivity index is 2.27. The summed E-state index contributed by atoms with van der Waals surface area (Å²) in [6.07, 6.45) is 3.92. The second-order valence-electron chi connectivity index (χ2n) is 6.43. The largest absolute Gasteiger partial charge is 0.481 e. The molecule has 0 aliphatic rings. The lowest BCUT2D eigenvalue weighted by Crippen LogP contribution is -2.28. The molecule has 21 heavy (non-hydrogen) atoms. The number of hydrogen-bond acceptors (Lipinski definition) is 5. The van der Waals surface area contributed by atoms with Gasteiger partial charge in [0.05, 0.1) is 18.0 Å². The molecule has 0 saturated carbocycles. The van der Waals surface area contributed by atoms with E-state index in [0.29, 0.717) is 5.82 Å². The van der Waals surface area contributed by atoms with Gasteiger partial charge >= 0.3 is 5.97 Å². The van der Waals surface area contributed by atoms with Crippen LogP contribution in [0.4, 0.5) is 5.82 Å². The average molecular weight is 291 g/mol. The average Bonchev–Trinajstić information content (AvgIpc) is 2.69. The van der Waals surface area contributed by atoms with Gasteiger partial charge in [-0.25, -0.2) is 9.97 Å². The Morgan fingerprint density at radius 2 is 2.14 bits per heavy atom. The number of fused-ring (bicyclic) bond motifs is 1. The van der Waals surface area contributed by atoms with Gasteiger partial charge in [-0.2, -0.15) is 5.10 Å². The van der Waals surface area contributed by atoms with Crippen molar-refractivity contribution in [2.45, 2.75) is 39.7 Å². The van der Waals surface area contributed by atoms with Crippen molar-refractivity contribution in [2.24, 2.45) is 12.5 Å². The Bertz CT molecular complexity index is 644. The first-order valence-electron chi connectivity index (χ1n) is 6.87. The lowest BCUT2D eigenvalue weighted by Gasteiger charge is -2.26. The Morgan fingerprint density at radius 1 is 1.43 bits per heavy atom. The molecule has 2 heterocycles. The second-order valence-corrected chi connectivity index (χ2v) is 6.43. The molecule has 0 aromatic carbocycles. The van der Waals surface area contributed by atoms with Gasteiger partial charge in [0, 0.05) is 13.1 Å². The summed E-state index contributed by atoms with van der Waals surface area (Å²) >= 11 is 0. The molecule has 0 bridgehead atoms. The molecule has 0 amide bonds. The molecule has 0 fully saturated rings. The van der Waals surface area contributed by atoms with Crippen LogP contribution in [-0.2, 0) is 11.8 Å². The van der Waals surface area contributed by atoms with Crippen molar-refractivity contribution in [3.8, 4) is 0 Å². The minimum Gasteiger partial charge on any atom is -0.481 e. The van der Waals surface area contributed by atoms with E-state index >= 15 is 0 Å². The van der Waals surface area contributed by atoms with E-state index in [1.807, 2.05) is 7.05 Å². The number of aliphatic carboxylic acids is 1. The van der Waals surface area contributed by atoms with E-state index < -0.39 is 5.97 Å². The van der Waals surface area contributed by atoms with Crippen LogP contribution in [0.5, 0.6) is 0 Å². The highest BCUT2D eigenvalue weighted by Crippen LogP contribution is 2.26. The number of carbonyl (C=O) groups is 1. The molecule has 114 valence electrons. The van der Waals surface area contributed by atoms with Crippen LogP contribution in [0.2, 0.25) is 0 Å². The zero-order valence-electron chi connectivity index (χ0n) is 12.8. The smallest absolute Gasteiger partial charge is 0.305 e. The van der Waals surface area contributed by atoms with Gasteiger partial charge in [0.1, 0.15) is 12.1 Å². The predicted molar refractivity (Wildman–Crippen MR) is 80.0 cm³/mol. The van der Waals surface area contributed by atoms with Gasteiger partial charge in [0.2, 0.25) is 0 Å². The molecule has 1 unspecified atom stereocenters. The zero-order valence-corrected chi connectivity index (χ0v) is 12.8. The first-order valence-corrected chi connectivity index (χ1v) is 6.87. The number of rotatable bonds is 5. The fraction of sp³-hybridized carbons (Fsp3) is 0.571. The van der Waals surface area contributed by atoms with E-state index in [-0.39, 0.29) is 17.9 Å². The molecule has 0 spiro atoms. The number of anilines is 1. The molecule has 0 saturated heterocycles. The predicted octanol–water partition coefficient (Wildman–Crippen LogP) is 2.05. The molecule has 0 radical (unpaired) electrons. The molecular weight excluding hydrogens is 270 g/mol. The van der Waals surface area contributed by atoms with Crippen molar-refractivity contribution in [2.75, 3.05) is 5.32 Å². The first-order chi connectivity index (χ1) is 9.76. The van der Waals surface area contributed by atoms with E-state index in [4.69, 9.17) is 5.11 Å². The summed E-state index contributed by atoms with van der Waals surface area (Å²) in [6.45, 7) is 6.26. The third kappa shape index (κ3) is 3.90. The van der Waals surface area contributed by atoms with E-state index in [1.165, 1.54) is 6.33 Å². The summed E-state index contributed by atoms with van der Waals surface area (Å²) in [5.74, 6) is -0.197. The first kappa shape index (κ1) is 15.2. The summed E-state index contributed by atoms with van der Waals surface area (Å²) < 4.78 is 1.66. The molecule has 0 aliphatic heterocycles. The van der Waals surface area contributed by atoms with Crippen LogP contribution >= 0.6 is 0 Å². The molecule has 7 heteroatoms. The topological polar surface area (TPSA) is 92.9 Å². The quantitative estimate of drug-likeness (QED) is 0.875. The molecular formula is C14H21N5O2. The van der Waals surface area contributed by atoms with Crippen molar-refractivity contribution in [3.63, 3.8) is 0 Å². The molecule has 2 N–H and O–H groups in total. The number of aryl methyl sites for hydroxylation is 1. The number of nitrogens with zero attached hydrogens (tertiary/aromatic N) is 4. The van der Waals surface area contributed by atoms with Crippen LogP contribution in [0.25, 0.3) is 11.0 Å². The second kappa shape index (κ2) is 5.67. The fourth-order valence-electron chi connectivity index (χ4n) is 2.39. The molecule has 2 rings (SSSR count). The Labute approximate surface area is 123 Å². The third-order valence-corrected chi connectivity index (χ3v) is 3.15. The zero-order chi connectivity index (χ0) is 15.6. The van der Waals surface area contributed by atoms with Crippen molar-refractivity contribution in [1.82, 2.24) is 19.7 Å². The van der Waals surface area contributed by atoms with Gasteiger partial charge in [-0.3, -0.25) is 9.48 Å². The number of carboxylic acids is 1. The van der Waals surface area contributed by atoms with Crippen LogP contribution < -0.4 is 5.32 Å². The van der Waals surface area contributed by atoms with Crippen molar-refractivity contribution < 1.29 is 9.90 Å². The maximum atomic E-state index is 11.1. The summed E-state index contributed by atoms with van der Waals surface area (Å²) in [6, 6.07) is -0.194. The molecule has 0 aliphatic carbocycles. The maximum absolute atomic E-state index is 11.1. The Hall–Kier alpha value is -2.18. The van der Waals surface area contributed by atoms with Gasteiger partial charge in [0.15, 0.2) is 5.65 Å². The monoisotopic (exact) mass is 291 g/mol. The lowest BCUT2D eigenvalue weighted by atomic mass is 9.87. The summed E-state index contributed by atoms with van der Waals surface area (Å²) in [7, 11) is 1.81. The lowest BCUT2D eigenvalue weighted by molar-refractivity contribution is -0.137. The number of carboxylic acid groups (broad SMARTS) is 1. The summed E-state index contributed by atoms with van der Waals surface area (Å²) in [5.41, 5.74) is 0.742. The molecule has 2 aromatic rings. The van der Waals surface area contributed by atoms with E-state index in [9.17, 15) is 4.79 Å². The molecule has 2 aromatic heterocycles. The van der Waals surface area contributed by atoms with Crippen LogP contribution in [-0.4, -0.2) is 36.9 Å². The van der Waals surface area contributed by atoms with Crippen molar-refractivity contribution >= 4 is 22.8 Å². The highest BCUT2D eigenvalue weighted by Gasteiger charge is 2.22. The van der Waals surface area contributed by atoms with Crippen molar-refractivity contribution in [1.29, 1.82) is 0 Å². The van der Waals surface area contributed by atoms with Gasteiger partial charge in [-0.15, -0.1) is 0 Å². The van der Waals surface area contributed by atoms with Gasteiger partial charge in [-0.1, -0.05) is 20.8 Å². The number of aromatic nitrogens is 4. The van der Waals surface area contributed by atoms with Crippen LogP contribution in [0, 0.1) is 5.41 Å². The van der Waals surface area contributed by atoms with E-state index in [1.54, 1.807) is 10.9 Å². The highest BCUT2D eigenvalue weighted by molar-refractivity contribution is 5.86. The fourth-order valence-corrected chi connectivity index (χ4v) is 2.39. The number of nitrogens with one attached hydrogen (secondary N) is 1. The SMILES string of the molecule is Cn1ncc2c(NC(CC(=O)O)CC(C)(C)C)ncnc21. The summed E-state index contributed by atoms with van der Waals surface area (Å²) in [4.78, 5) is 19.5. The third-order valence-electron chi connectivity index (χ3n) is 3.15. The molecule has 7 nitrogen and oxygen atoms in total. The highest BCUT2D eigenvalue weighted by atomic mass is 16.4. The minimum atomic E-state index is -0.826. The van der Waals surface area contributed by atoms with Crippen molar-refractivity contribution in [3.05, 3.63) is 12.5 Å². The van der Waals surface area contributed by atoms with Crippen LogP contribution in [0.3, 0.4) is 0 Å². The van der Waals surface area contributed by atoms with Crippen LogP contribution in [0.15, 0.2) is 12.5 Å². The van der Waals surface area contributed by atoms with Crippen LogP contribution in [0.1, 0.15) is 33.6 Å². The van der Waals surface area contributed by atoms with Gasteiger partial charge in [-0.05, 0) is 11.8 Å². The Morgan fingerprint density at radius 3 is 2.76 bits per heavy atom. The Kier molecular flexibility index (Phi) is 4.11. The normalized spacial score (nSPS) is 13.3. The van der Waals surface area contributed by atoms with Gasteiger partial charge in [0.25, 0.3) is 0 Å². The standard InChI is InChI=1S/C14H21N5O2/c1-14(2,3)6-9(5-11(20)21)18-12-10-7-17-19(4)13(10)16-8-15-12/h7-9H,5-6H2,1-4H3,(H,20,21)(H,15,16,18). The minimum absolute atomic E-state index is 0.0220. The maximum Gasteiger partial charge on any atom is 0.305 e. The van der Waals surface area contributed by atoms with Gasteiger partial charge < -0.3 is 10.4 Å². The van der Waals surface area contributed by atoms with E-state index in [0.717, 1.165) is 17.5 Å².